The van der Waals surface area contributed by atoms with Crippen LogP contribution < -0.4 is 10.6 Å². The smallest absolute Gasteiger partial charge is 0.323 e. The van der Waals surface area contributed by atoms with Crippen LogP contribution in [-0.4, -0.2) is 54.1 Å². The number of likely N-dealkylation sites (N-methyl/N-ethyl adjacent to an activating group) is 2. The molecule has 5 amide bonds. The highest BCUT2D eigenvalue weighted by Gasteiger charge is 2.48. The molecule has 2 heterocycles. The number of hydrogen-bond donors (Lipinski definition) is 2. The highest BCUT2D eigenvalue weighted by Crippen LogP contribution is 2.16. The van der Waals surface area contributed by atoms with Crippen molar-refractivity contribution in [3.63, 3.8) is 0 Å². The minimum absolute atomic E-state index is 0.392. The molecule has 0 spiro atoms. The first-order valence-electron chi connectivity index (χ1n) is 4.14. The molecule has 14 heavy (non-hydrogen) atoms. The van der Waals surface area contributed by atoms with Crippen LogP contribution in [0, 0.1) is 0 Å². The first-order chi connectivity index (χ1) is 6.52. The van der Waals surface area contributed by atoms with Gasteiger partial charge < -0.3 is 15.5 Å². The summed E-state index contributed by atoms with van der Waals surface area (Å²) in [5.74, 6) is -0.392. The number of imide groups is 1. The number of fused-ring (bicyclic) bond motifs is 1. The van der Waals surface area contributed by atoms with Gasteiger partial charge in [0.05, 0.1) is 0 Å². The van der Waals surface area contributed by atoms with Crippen molar-refractivity contribution in [2.75, 3.05) is 14.1 Å². The van der Waals surface area contributed by atoms with Crippen molar-refractivity contribution in [3.8, 4) is 0 Å². The SMILES string of the molecule is CN1C(=O)[C@@H]2NC(=O)N[C@H]2N(C)C1=O. The molecule has 0 aromatic rings. The van der Waals surface area contributed by atoms with E-state index in [0.29, 0.717) is 0 Å². The van der Waals surface area contributed by atoms with E-state index in [2.05, 4.69) is 10.6 Å². The average molecular weight is 198 g/mol. The van der Waals surface area contributed by atoms with E-state index in [-0.39, 0.29) is 0 Å². The largest absolute Gasteiger partial charge is 0.327 e. The third-order valence-corrected chi connectivity index (χ3v) is 2.48. The summed E-state index contributed by atoms with van der Waals surface area (Å²) in [6.07, 6.45) is -0.571. The molecule has 7 nitrogen and oxygen atoms in total. The van der Waals surface area contributed by atoms with Crippen LogP contribution in [0.3, 0.4) is 0 Å². The maximum atomic E-state index is 11.5. The van der Waals surface area contributed by atoms with Crippen molar-refractivity contribution < 1.29 is 14.4 Å². The van der Waals surface area contributed by atoms with Gasteiger partial charge in [-0.05, 0) is 0 Å². The van der Waals surface area contributed by atoms with Gasteiger partial charge in [-0.2, -0.15) is 0 Å². The van der Waals surface area contributed by atoms with E-state index in [1.165, 1.54) is 19.0 Å². The standard InChI is InChI=1S/C7H10N4O3/c1-10-4-3(8-6(13)9-4)5(12)11(2)7(10)14/h3-4H,1-2H3,(H2,8,9,13)/t3-,4+/m1/s1. The monoisotopic (exact) mass is 198 g/mol. The van der Waals surface area contributed by atoms with E-state index in [4.69, 9.17) is 0 Å². The van der Waals surface area contributed by atoms with Crippen molar-refractivity contribution in [2.45, 2.75) is 12.2 Å². The van der Waals surface area contributed by atoms with Gasteiger partial charge in [0.15, 0.2) is 0 Å². The Morgan fingerprint density at radius 1 is 1.14 bits per heavy atom. The Hall–Kier alpha value is -1.79. The Morgan fingerprint density at radius 2 is 1.79 bits per heavy atom. The first-order valence-corrected chi connectivity index (χ1v) is 4.14. The van der Waals surface area contributed by atoms with Crippen molar-refractivity contribution in [1.29, 1.82) is 0 Å². The predicted octanol–water partition coefficient (Wildman–Crippen LogP) is -1.48. The number of carbonyl (C=O) groups is 3. The molecule has 0 unspecified atom stereocenters. The summed E-state index contributed by atoms with van der Waals surface area (Å²) in [5.41, 5.74) is 0. The Bertz CT molecular complexity index is 329. The van der Waals surface area contributed by atoms with Gasteiger partial charge in [0, 0.05) is 14.1 Å². The quantitative estimate of drug-likeness (QED) is 0.498. The van der Waals surface area contributed by atoms with E-state index in [9.17, 15) is 14.4 Å². The molecule has 0 aromatic heterocycles. The molecule has 7 heteroatoms. The molecule has 0 aliphatic carbocycles. The lowest BCUT2D eigenvalue weighted by Crippen LogP contribution is -2.64. The summed E-state index contributed by atoms with van der Waals surface area (Å²) in [6, 6.07) is -1.52. The molecule has 2 aliphatic heterocycles. The lowest BCUT2D eigenvalue weighted by Gasteiger charge is -2.36. The molecule has 2 saturated heterocycles. The second-order valence-electron chi connectivity index (χ2n) is 3.33. The topological polar surface area (TPSA) is 81.8 Å². The number of rotatable bonds is 0. The third kappa shape index (κ3) is 0.949. The summed E-state index contributed by atoms with van der Waals surface area (Å²) >= 11 is 0. The van der Waals surface area contributed by atoms with E-state index < -0.39 is 30.2 Å². The second kappa shape index (κ2) is 2.60. The molecular weight excluding hydrogens is 188 g/mol. The summed E-state index contributed by atoms with van der Waals surface area (Å²) in [4.78, 5) is 36.3. The number of hydrogen-bond acceptors (Lipinski definition) is 3. The van der Waals surface area contributed by atoms with Crippen LogP contribution in [0.1, 0.15) is 0 Å². The van der Waals surface area contributed by atoms with Crippen LogP contribution in [0.5, 0.6) is 0 Å². The van der Waals surface area contributed by atoms with Crippen molar-refractivity contribution in [3.05, 3.63) is 0 Å². The molecule has 0 aromatic carbocycles. The van der Waals surface area contributed by atoms with Crippen LogP contribution in [0.2, 0.25) is 0 Å². The number of carbonyl (C=O) groups excluding carboxylic acids is 3. The van der Waals surface area contributed by atoms with Crippen LogP contribution in [0.4, 0.5) is 9.59 Å². The van der Waals surface area contributed by atoms with Crippen LogP contribution in [-0.2, 0) is 4.79 Å². The van der Waals surface area contributed by atoms with Gasteiger partial charge in [-0.3, -0.25) is 9.69 Å². The van der Waals surface area contributed by atoms with Gasteiger partial charge in [0.25, 0.3) is 5.91 Å². The van der Waals surface area contributed by atoms with E-state index in [1.54, 1.807) is 0 Å². The maximum absolute atomic E-state index is 11.5. The summed E-state index contributed by atoms with van der Waals surface area (Å²) in [5, 5.41) is 4.95. The van der Waals surface area contributed by atoms with Gasteiger partial charge in [-0.25, -0.2) is 9.59 Å². The normalized spacial score (nSPS) is 31.4. The molecule has 0 bridgehead atoms. The molecule has 0 radical (unpaired) electrons. The Kier molecular flexibility index (Phi) is 1.63. The Labute approximate surface area is 80.0 Å². The Morgan fingerprint density at radius 3 is 2.43 bits per heavy atom. The minimum Gasteiger partial charge on any atom is -0.323 e. The number of urea groups is 2. The molecule has 0 saturated carbocycles. The summed E-state index contributed by atoms with van der Waals surface area (Å²) in [6.45, 7) is 0. The summed E-state index contributed by atoms with van der Waals surface area (Å²) < 4.78 is 0. The fourth-order valence-electron chi connectivity index (χ4n) is 1.66. The molecular formula is C7H10N4O3. The average Bonchev–Trinajstić information content (AvgIpc) is 2.54. The van der Waals surface area contributed by atoms with Crippen LogP contribution in [0.15, 0.2) is 0 Å². The van der Waals surface area contributed by atoms with Gasteiger partial charge in [0.1, 0.15) is 12.2 Å². The first kappa shape index (κ1) is 8.79. The predicted molar refractivity (Wildman–Crippen MR) is 45.2 cm³/mol. The van der Waals surface area contributed by atoms with Gasteiger partial charge in [0.2, 0.25) is 0 Å². The Balaban J connectivity index is 2.32. The van der Waals surface area contributed by atoms with Crippen LogP contribution in [0.25, 0.3) is 0 Å². The molecule has 2 atom stereocenters. The molecule has 2 aliphatic rings. The van der Waals surface area contributed by atoms with Gasteiger partial charge in [-0.15, -0.1) is 0 Å². The van der Waals surface area contributed by atoms with Crippen LogP contribution >= 0.6 is 0 Å². The molecule has 2 fully saturated rings. The van der Waals surface area contributed by atoms with E-state index >= 15 is 0 Å². The lowest BCUT2D eigenvalue weighted by atomic mass is 10.1. The fraction of sp³-hybridized carbons (Fsp3) is 0.571. The van der Waals surface area contributed by atoms with Crippen molar-refractivity contribution in [2.24, 2.45) is 0 Å². The number of nitrogens with zero attached hydrogens (tertiary/aromatic N) is 2. The maximum Gasteiger partial charge on any atom is 0.327 e. The van der Waals surface area contributed by atoms with Crippen molar-refractivity contribution >= 4 is 18.0 Å². The zero-order valence-corrected chi connectivity index (χ0v) is 7.77. The lowest BCUT2D eigenvalue weighted by molar-refractivity contribution is -0.133. The van der Waals surface area contributed by atoms with Crippen molar-refractivity contribution in [1.82, 2.24) is 20.4 Å². The molecule has 2 rings (SSSR count). The summed E-state index contributed by atoms with van der Waals surface area (Å²) in [7, 11) is 2.93. The fourth-order valence-corrected chi connectivity index (χ4v) is 1.66. The third-order valence-electron chi connectivity index (χ3n) is 2.48. The van der Waals surface area contributed by atoms with Gasteiger partial charge >= 0.3 is 12.1 Å². The zero-order chi connectivity index (χ0) is 10.5. The number of amides is 5. The minimum atomic E-state index is -0.671. The van der Waals surface area contributed by atoms with E-state index in [1.807, 2.05) is 0 Å². The number of nitrogens with one attached hydrogen (secondary N) is 2. The zero-order valence-electron chi connectivity index (χ0n) is 7.77. The molecule has 2 N–H and O–H groups in total. The highest BCUT2D eigenvalue weighted by atomic mass is 16.2. The highest BCUT2D eigenvalue weighted by molar-refractivity contribution is 6.03. The molecule has 76 valence electrons. The second-order valence-corrected chi connectivity index (χ2v) is 3.33. The van der Waals surface area contributed by atoms with E-state index in [0.717, 1.165) is 4.90 Å². The van der Waals surface area contributed by atoms with Gasteiger partial charge in [-0.1, -0.05) is 0 Å².